The number of aromatic nitrogens is 3. The zero-order chi connectivity index (χ0) is 14.8. The molecule has 3 aromatic heterocycles. The first-order chi connectivity index (χ1) is 10.2. The maximum atomic E-state index is 4.69. The summed E-state index contributed by atoms with van der Waals surface area (Å²) >= 11 is 1.63. The number of pyridine rings is 1. The predicted octanol–water partition coefficient (Wildman–Crippen LogP) is 4.19. The molecule has 0 atom stereocenters. The molecule has 0 unspecified atom stereocenters. The molecule has 0 aliphatic carbocycles. The largest absolute Gasteiger partial charge is 0.369 e. The van der Waals surface area contributed by atoms with Crippen LogP contribution >= 0.6 is 11.3 Å². The van der Waals surface area contributed by atoms with Crippen molar-refractivity contribution in [3.8, 4) is 11.5 Å². The minimum absolute atomic E-state index is 0.695. The summed E-state index contributed by atoms with van der Waals surface area (Å²) in [5.41, 5.74) is 3.11. The number of nitrogens with zero attached hydrogens (tertiary/aromatic N) is 3. The molecule has 108 valence electrons. The average molecular weight is 298 g/mol. The van der Waals surface area contributed by atoms with Crippen LogP contribution in [0.15, 0.2) is 23.7 Å². The second-order valence-corrected chi connectivity index (χ2v) is 6.03. The van der Waals surface area contributed by atoms with Crippen molar-refractivity contribution in [2.75, 3.05) is 11.9 Å². The van der Waals surface area contributed by atoms with Crippen LogP contribution in [-0.4, -0.2) is 21.5 Å². The molecule has 0 saturated carbocycles. The highest BCUT2D eigenvalue weighted by Crippen LogP contribution is 2.28. The van der Waals surface area contributed by atoms with Gasteiger partial charge in [0.15, 0.2) is 5.82 Å². The topological polar surface area (TPSA) is 50.7 Å². The number of anilines is 1. The Labute approximate surface area is 128 Å². The zero-order valence-corrected chi connectivity index (χ0v) is 13.3. The van der Waals surface area contributed by atoms with E-state index in [9.17, 15) is 0 Å². The molecule has 0 fully saturated rings. The number of nitrogens with one attached hydrogen (secondary N) is 1. The average Bonchev–Trinajstić information content (AvgIpc) is 2.93. The van der Waals surface area contributed by atoms with E-state index in [1.165, 1.54) is 0 Å². The Morgan fingerprint density at radius 1 is 1.24 bits per heavy atom. The van der Waals surface area contributed by atoms with E-state index >= 15 is 0 Å². The van der Waals surface area contributed by atoms with Crippen molar-refractivity contribution in [2.45, 2.75) is 27.2 Å². The van der Waals surface area contributed by atoms with Crippen molar-refractivity contribution in [2.24, 2.45) is 0 Å². The maximum absolute atomic E-state index is 4.69. The van der Waals surface area contributed by atoms with Gasteiger partial charge in [0, 0.05) is 12.7 Å². The van der Waals surface area contributed by atoms with Crippen molar-refractivity contribution in [1.82, 2.24) is 15.0 Å². The molecule has 21 heavy (non-hydrogen) atoms. The van der Waals surface area contributed by atoms with E-state index < -0.39 is 0 Å². The zero-order valence-electron chi connectivity index (χ0n) is 12.5. The SMILES string of the molecule is CCCNc1nc(-c2ncc(C)cc2C)nc2sccc12. The van der Waals surface area contributed by atoms with E-state index in [0.29, 0.717) is 5.82 Å². The van der Waals surface area contributed by atoms with Crippen LogP contribution in [0.25, 0.3) is 21.7 Å². The minimum Gasteiger partial charge on any atom is -0.369 e. The van der Waals surface area contributed by atoms with Crippen LogP contribution in [0.2, 0.25) is 0 Å². The number of hydrogen-bond donors (Lipinski definition) is 1. The number of rotatable bonds is 4. The molecule has 5 heteroatoms. The smallest absolute Gasteiger partial charge is 0.181 e. The number of aryl methyl sites for hydroxylation is 2. The van der Waals surface area contributed by atoms with Gasteiger partial charge >= 0.3 is 0 Å². The third-order valence-corrected chi connectivity index (χ3v) is 4.10. The lowest BCUT2D eigenvalue weighted by atomic mass is 10.1. The lowest BCUT2D eigenvalue weighted by Crippen LogP contribution is -2.05. The molecular formula is C16H18N4S. The second kappa shape index (κ2) is 5.77. The molecule has 0 amide bonds. The summed E-state index contributed by atoms with van der Waals surface area (Å²) in [5.74, 6) is 1.60. The molecule has 0 aromatic carbocycles. The van der Waals surface area contributed by atoms with Gasteiger partial charge in [0.25, 0.3) is 0 Å². The molecule has 4 nitrogen and oxygen atoms in total. The highest BCUT2D eigenvalue weighted by Gasteiger charge is 2.13. The first kappa shape index (κ1) is 13.9. The number of fused-ring (bicyclic) bond motifs is 1. The van der Waals surface area contributed by atoms with Gasteiger partial charge < -0.3 is 5.32 Å². The Morgan fingerprint density at radius 2 is 2.10 bits per heavy atom. The Bertz CT molecular complexity index is 779. The van der Waals surface area contributed by atoms with Crippen molar-refractivity contribution in [3.05, 3.63) is 34.8 Å². The standard InChI is InChI=1S/C16H18N4S/c1-4-6-17-14-12-5-7-21-16(12)20-15(19-14)13-11(3)8-10(2)9-18-13/h5,7-9H,4,6H2,1-3H3,(H,17,19,20). The molecule has 0 saturated heterocycles. The van der Waals surface area contributed by atoms with Crippen molar-refractivity contribution < 1.29 is 0 Å². The van der Waals surface area contributed by atoms with Crippen molar-refractivity contribution in [1.29, 1.82) is 0 Å². The van der Waals surface area contributed by atoms with Gasteiger partial charge in [-0.2, -0.15) is 0 Å². The quantitative estimate of drug-likeness (QED) is 0.784. The van der Waals surface area contributed by atoms with E-state index in [1.54, 1.807) is 11.3 Å². The van der Waals surface area contributed by atoms with E-state index in [2.05, 4.69) is 46.6 Å². The minimum atomic E-state index is 0.695. The summed E-state index contributed by atoms with van der Waals surface area (Å²) in [6.45, 7) is 7.14. The van der Waals surface area contributed by atoms with E-state index in [0.717, 1.165) is 45.8 Å². The third-order valence-electron chi connectivity index (χ3n) is 3.29. The summed E-state index contributed by atoms with van der Waals surface area (Å²) in [6.07, 6.45) is 2.93. The Balaban J connectivity index is 2.13. The summed E-state index contributed by atoms with van der Waals surface area (Å²) in [6, 6.07) is 4.18. The molecule has 1 N–H and O–H groups in total. The second-order valence-electron chi connectivity index (χ2n) is 5.14. The summed E-state index contributed by atoms with van der Waals surface area (Å²) in [5, 5.41) is 6.53. The van der Waals surface area contributed by atoms with E-state index in [-0.39, 0.29) is 0 Å². The molecular weight excluding hydrogens is 280 g/mol. The molecule has 0 aliphatic rings. The van der Waals surface area contributed by atoms with Gasteiger partial charge in [-0.05, 0) is 42.8 Å². The maximum Gasteiger partial charge on any atom is 0.181 e. The fourth-order valence-electron chi connectivity index (χ4n) is 2.29. The van der Waals surface area contributed by atoms with Crippen LogP contribution in [0.5, 0.6) is 0 Å². The summed E-state index contributed by atoms with van der Waals surface area (Å²) in [4.78, 5) is 14.9. The van der Waals surface area contributed by atoms with Crippen LogP contribution in [0.4, 0.5) is 5.82 Å². The lowest BCUT2D eigenvalue weighted by molar-refractivity contribution is 0.970. The first-order valence-electron chi connectivity index (χ1n) is 7.11. The summed E-state index contributed by atoms with van der Waals surface area (Å²) < 4.78 is 0. The lowest BCUT2D eigenvalue weighted by Gasteiger charge is -2.09. The van der Waals surface area contributed by atoms with Crippen LogP contribution in [-0.2, 0) is 0 Å². The number of thiophene rings is 1. The van der Waals surface area contributed by atoms with Gasteiger partial charge in [-0.1, -0.05) is 13.0 Å². The number of hydrogen-bond acceptors (Lipinski definition) is 5. The van der Waals surface area contributed by atoms with Gasteiger partial charge in [-0.15, -0.1) is 11.3 Å². The molecule has 0 radical (unpaired) electrons. The van der Waals surface area contributed by atoms with E-state index in [4.69, 9.17) is 4.98 Å². The molecule has 3 heterocycles. The van der Waals surface area contributed by atoms with Crippen LogP contribution in [0.3, 0.4) is 0 Å². The highest BCUT2D eigenvalue weighted by atomic mass is 32.1. The highest BCUT2D eigenvalue weighted by molar-refractivity contribution is 7.16. The Morgan fingerprint density at radius 3 is 2.86 bits per heavy atom. The molecule has 0 bridgehead atoms. The summed E-state index contributed by atoms with van der Waals surface area (Å²) in [7, 11) is 0. The van der Waals surface area contributed by atoms with Crippen molar-refractivity contribution >= 4 is 27.4 Å². The van der Waals surface area contributed by atoms with Crippen LogP contribution < -0.4 is 5.32 Å². The molecule has 3 rings (SSSR count). The van der Waals surface area contributed by atoms with Gasteiger partial charge in [0.2, 0.25) is 0 Å². The molecule has 0 spiro atoms. The normalized spacial score (nSPS) is 11.0. The van der Waals surface area contributed by atoms with Gasteiger partial charge in [0.05, 0.1) is 5.39 Å². The Kier molecular flexibility index (Phi) is 3.84. The van der Waals surface area contributed by atoms with Crippen LogP contribution in [0.1, 0.15) is 24.5 Å². The molecule has 0 aliphatic heterocycles. The molecule has 3 aromatic rings. The fraction of sp³-hybridized carbons (Fsp3) is 0.312. The van der Waals surface area contributed by atoms with Gasteiger partial charge in [-0.3, -0.25) is 4.98 Å². The van der Waals surface area contributed by atoms with Gasteiger partial charge in [-0.25, -0.2) is 9.97 Å². The third kappa shape index (κ3) is 2.74. The van der Waals surface area contributed by atoms with Crippen LogP contribution in [0, 0.1) is 13.8 Å². The van der Waals surface area contributed by atoms with Crippen molar-refractivity contribution in [3.63, 3.8) is 0 Å². The monoisotopic (exact) mass is 298 g/mol. The predicted molar refractivity (Wildman–Crippen MR) is 88.9 cm³/mol. The fourth-order valence-corrected chi connectivity index (χ4v) is 3.05. The van der Waals surface area contributed by atoms with Gasteiger partial charge in [0.1, 0.15) is 16.3 Å². The Hall–Kier alpha value is -2.01. The van der Waals surface area contributed by atoms with E-state index in [1.807, 2.05) is 13.1 Å². The first-order valence-corrected chi connectivity index (χ1v) is 7.99.